The summed E-state index contributed by atoms with van der Waals surface area (Å²) in [7, 11) is 0. The molecule has 1 amide bonds. The van der Waals surface area contributed by atoms with Crippen molar-refractivity contribution in [2.45, 2.75) is 32.4 Å². The summed E-state index contributed by atoms with van der Waals surface area (Å²) in [6, 6.07) is 9.70. The molecule has 0 aliphatic rings. The maximum Gasteiger partial charge on any atom is 0.222 e. The van der Waals surface area contributed by atoms with Gasteiger partial charge in [0.15, 0.2) is 0 Å². The lowest BCUT2D eigenvalue weighted by atomic mass is 10.0. The van der Waals surface area contributed by atoms with Crippen LogP contribution in [0.15, 0.2) is 30.3 Å². The van der Waals surface area contributed by atoms with Gasteiger partial charge in [-0.1, -0.05) is 37.3 Å². The molecule has 3 N–H and O–H groups in total. The molecule has 0 heterocycles. The van der Waals surface area contributed by atoms with Crippen LogP contribution in [0.25, 0.3) is 0 Å². The Morgan fingerprint density at radius 1 is 1.39 bits per heavy atom. The zero-order valence-corrected chi connectivity index (χ0v) is 11.9. The van der Waals surface area contributed by atoms with E-state index in [1.54, 1.807) is 0 Å². The van der Waals surface area contributed by atoms with Crippen LogP contribution >= 0.6 is 11.8 Å². The van der Waals surface area contributed by atoms with E-state index >= 15 is 0 Å². The van der Waals surface area contributed by atoms with E-state index in [4.69, 9.17) is 5.73 Å². The van der Waals surface area contributed by atoms with Gasteiger partial charge in [-0.05, 0) is 18.2 Å². The molecule has 0 aliphatic heterocycles. The predicted octanol–water partition coefficient (Wildman–Crippen LogP) is 2.33. The highest BCUT2D eigenvalue weighted by Crippen LogP contribution is 2.13. The van der Waals surface area contributed by atoms with E-state index in [0.717, 1.165) is 17.1 Å². The van der Waals surface area contributed by atoms with Crippen molar-refractivity contribution in [2.24, 2.45) is 5.73 Å². The largest absolute Gasteiger partial charge is 0.353 e. The molecular weight excluding hydrogens is 244 g/mol. The van der Waals surface area contributed by atoms with Gasteiger partial charge >= 0.3 is 0 Å². The topological polar surface area (TPSA) is 55.1 Å². The standard InChI is InChI=1S/C14H22N2OS/c1-3-18-10-11(2)16-14(17)9-13(15)12-7-5-4-6-8-12/h4-8,11,13H,3,9-10,15H2,1-2H3,(H,16,17). The molecule has 0 saturated heterocycles. The van der Waals surface area contributed by atoms with Gasteiger partial charge in [0.2, 0.25) is 5.91 Å². The molecule has 0 spiro atoms. The Morgan fingerprint density at radius 3 is 2.67 bits per heavy atom. The zero-order valence-electron chi connectivity index (χ0n) is 11.1. The second kappa shape index (κ2) is 8.16. The molecule has 0 bridgehead atoms. The van der Waals surface area contributed by atoms with Gasteiger partial charge in [-0.2, -0.15) is 11.8 Å². The Kier molecular flexibility index (Phi) is 6.83. The van der Waals surface area contributed by atoms with E-state index in [1.165, 1.54) is 0 Å². The number of nitrogens with two attached hydrogens (primary N) is 1. The number of hydrogen-bond donors (Lipinski definition) is 2. The van der Waals surface area contributed by atoms with Crippen LogP contribution in [0.5, 0.6) is 0 Å². The molecule has 1 aromatic carbocycles. The van der Waals surface area contributed by atoms with Crippen LogP contribution in [0.2, 0.25) is 0 Å². The van der Waals surface area contributed by atoms with Gasteiger partial charge in [-0.15, -0.1) is 0 Å². The molecule has 3 nitrogen and oxygen atoms in total. The lowest BCUT2D eigenvalue weighted by Gasteiger charge is -2.16. The smallest absolute Gasteiger partial charge is 0.222 e. The Bertz CT molecular complexity index is 356. The van der Waals surface area contributed by atoms with Crippen molar-refractivity contribution in [3.63, 3.8) is 0 Å². The van der Waals surface area contributed by atoms with Gasteiger partial charge in [0.25, 0.3) is 0 Å². The van der Waals surface area contributed by atoms with Crippen molar-refractivity contribution >= 4 is 17.7 Å². The average molecular weight is 266 g/mol. The van der Waals surface area contributed by atoms with Crippen molar-refractivity contribution in [1.29, 1.82) is 0 Å². The molecule has 18 heavy (non-hydrogen) atoms. The van der Waals surface area contributed by atoms with Crippen LogP contribution in [0.3, 0.4) is 0 Å². The maximum atomic E-state index is 11.8. The first-order valence-electron chi connectivity index (χ1n) is 6.31. The first kappa shape index (κ1) is 15.1. The van der Waals surface area contributed by atoms with Gasteiger partial charge in [-0.3, -0.25) is 4.79 Å². The molecule has 0 fully saturated rings. The van der Waals surface area contributed by atoms with E-state index in [9.17, 15) is 4.79 Å². The summed E-state index contributed by atoms with van der Waals surface area (Å²) in [5, 5.41) is 2.98. The number of benzene rings is 1. The van der Waals surface area contributed by atoms with Gasteiger partial charge < -0.3 is 11.1 Å². The van der Waals surface area contributed by atoms with Crippen molar-refractivity contribution in [3.8, 4) is 0 Å². The first-order chi connectivity index (χ1) is 8.63. The zero-order chi connectivity index (χ0) is 13.4. The Balaban J connectivity index is 2.36. The Labute approximate surface area is 114 Å². The van der Waals surface area contributed by atoms with Crippen LogP contribution in [0.4, 0.5) is 0 Å². The third-order valence-corrected chi connectivity index (χ3v) is 3.76. The van der Waals surface area contributed by atoms with Crippen molar-refractivity contribution in [3.05, 3.63) is 35.9 Å². The van der Waals surface area contributed by atoms with Crippen molar-refractivity contribution in [1.82, 2.24) is 5.32 Å². The summed E-state index contributed by atoms with van der Waals surface area (Å²) in [6.45, 7) is 4.14. The predicted molar refractivity (Wildman–Crippen MR) is 78.6 cm³/mol. The molecule has 0 saturated carbocycles. The summed E-state index contributed by atoms with van der Waals surface area (Å²) in [5.74, 6) is 2.04. The second-order valence-corrected chi connectivity index (χ2v) is 5.67. The lowest BCUT2D eigenvalue weighted by Crippen LogP contribution is -2.36. The van der Waals surface area contributed by atoms with E-state index in [0.29, 0.717) is 6.42 Å². The second-order valence-electron chi connectivity index (χ2n) is 4.35. The third kappa shape index (κ3) is 5.56. The first-order valence-corrected chi connectivity index (χ1v) is 7.46. The SMILES string of the molecule is CCSCC(C)NC(=O)CC(N)c1ccccc1. The van der Waals surface area contributed by atoms with E-state index in [1.807, 2.05) is 49.0 Å². The van der Waals surface area contributed by atoms with Crippen LogP contribution in [0.1, 0.15) is 31.9 Å². The molecule has 0 aliphatic carbocycles. The van der Waals surface area contributed by atoms with Gasteiger partial charge in [0.05, 0.1) is 0 Å². The molecule has 0 aromatic heterocycles. The van der Waals surface area contributed by atoms with E-state index in [-0.39, 0.29) is 18.0 Å². The van der Waals surface area contributed by atoms with Crippen LogP contribution in [-0.4, -0.2) is 23.5 Å². The summed E-state index contributed by atoms with van der Waals surface area (Å²) in [6.07, 6.45) is 0.338. The number of carbonyl (C=O) groups excluding carboxylic acids is 1. The van der Waals surface area contributed by atoms with Crippen LogP contribution < -0.4 is 11.1 Å². The molecular formula is C14H22N2OS. The molecule has 1 aromatic rings. The quantitative estimate of drug-likeness (QED) is 0.796. The monoisotopic (exact) mass is 266 g/mol. The lowest BCUT2D eigenvalue weighted by molar-refractivity contribution is -0.121. The Hall–Kier alpha value is -1.00. The average Bonchev–Trinajstić information content (AvgIpc) is 2.37. The maximum absolute atomic E-state index is 11.8. The van der Waals surface area contributed by atoms with E-state index < -0.39 is 0 Å². The van der Waals surface area contributed by atoms with Gasteiger partial charge in [-0.25, -0.2) is 0 Å². The molecule has 2 atom stereocenters. The molecule has 0 radical (unpaired) electrons. The summed E-state index contributed by atoms with van der Waals surface area (Å²) >= 11 is 1.83. The summed E-state index contributed by atoms with van der Waals surface area (Å²) in [5.41, 5.74) is 7.01. The molecule has 2 unspecified atom stereocenters. The summed E-state index contributed by atoms with van der Waals surface area (Å²) in [4.78, 5) is 11.8. The minimum atomic E-state index is -0.225. The third-order valence-electron chi connectivity index (χ3n) is 2.61. The summed E-state index contributed by atoms with van der Waals surface area (Å²) < 4.78 is 0. The van der Waals surface area contributed by atoms with Crippen LogP contribution in [-0.2, 0) is 4.79 Å². The highest BCUT2D eigenvalue weighted by atomic mass is 32.2. The highest BCUT2D eigenvalue weighted by Gasteiger charge is 2.13. The normalized spacial score (nSPS) is 13.9. The van der Waals surface area contributed by atoms with Gasteiger partial charge in [0.1, 0.15) is 0 Å². The Morgan fingerprint density at radius 2 is 2.06 bits per heavy atom. The minimum Gasteiger partial charge on any atom is -0.353 e. The fourth-order valence-corrected chi connectivity index (χ4v) is 2.36. The number of hydrogen-bond acceptors (Lipinski definition) is 3. The highest BCUT2D eigenvalue weighted by molar-refractivity contribution is 7.99. The molecule has 100 valence electrons. The number of rotatable bonds is 7. The van der Waals surface area contributed by atoms with Crippen molar-refractivity contribution in [2.75, 3.05) is 11.5 Å². The fraction of sp³-hybridized carbons (Fsp3) is 0.500. The molecule has 4 heteroatoms. The van der Waals surface area contributed by atoms with Crippen molar-refractivity contribution < 1.29 is 4.79 Å². The number of nitrogens with one attached hydrogen (secondary N) is 1. The fourth-order valence-electron chi connectivity index (χ4n) is 1.69. The number of amides is 1. The van der Waals surface area contributed by atoms with E-state index in [2.05, 4.69) is 12.2 Å². The molecule has 1 rings (SSSR count). The number of carbonyl (C=O) groups is 1. The van der Waals surface area contributed by atoms with Crippen LogP contribution in [0, 0.1) is 0 Å². The van der Waals surface area contributed by atoms with Gasteiger partial charge in [0, 0.05) is 24.3 Å². The number of thioether (sulfide) groups is 1. The minimum absolute atomic E-state index is 0.0237.